The molecule has 0 aliphatic heterocycles. The summed E-state index contributed by atoms with van der Waals surface area (Å²) in [6, 6.07) is 5.79. The van der Waals surface area contributed by atoms with Crippen molar-refractivity contribution in [2.24, 2.45) is 16.8 Å². The van der Waals surface area contributed by atoms with E-state index in [2.05, 4.69) is 19.9 Å². The smallest absolute Gasteiger partial charge is 0.208 e. The SMILES string of the molecule is Oc1cnc(C(=NC23CC4CC(CC(F)(C4)C2)C3)c2ccc3nccnc3c2)[nH]1. The molecule has 4 aliphatic rings. The number of nitrogens with one attached hydrogen (secondary N) is 1. The molecule has 2 unspecified atom stereocenters. The molecule has 3 aromatic rings. The maximum atomic E-state index is 15.4. The predicted molar refractivity (Wildman–Crippen MR) is 107 cm³/mol. The molecule has 7 rings (SSSR count). The molecule has 0 radical (unpaired) electrons. The highest BCUT2D eigenvalue weighted by atomic mass is 19.1. The van der Waals surface area contributed by atoms with E-state index in [1.54, 1.807) is 12.4 Å². The van der Waals surface area contributed by atoms with Gasteiger partial charge in [0.15, 0.2) is 5.82 Å². The van der Waals surface area contributed by atoms with Crippen LogP contribution >= 0.6 is 0 Å². The Labute approximate surface area is 167 Å². The second kappa shape index (κ2) is 5.84. The van der Waals surface area contributed by atoms with Crippen molar-refractivity contribution in [2.45, 2.75) is 49.7 Å². The number of rotatable bonds is 3. The van der Waals surface area contributed by atoms with Crippen LogP contribution in [0, 0.1) is 11.8 Å². The minimum Gasteiger partial charge on any atom is -0.493 e. The lowest BCUT2D eigenvalue weighted by Gasteiger charge is -2.57. The lowest BCUT2D eigenvalue weighted by atomic mass is 9.52. The molecular formula is C22H22FN5O. The summed E-state index contributed by atoms with van der Waals surface area (Å²) < 4.78 is 15.4. The fraction of sp³-hybridized carbons (Fsp3) is 0.455. The van der Waals surface area contributed by atoms with Crippen LogP contribution in [-0.2, 0) is 0 Å². The number of aromatic nitrogens is 4. The van der Waals surface area contributed by atoms with Gasteiger partial charge in [-0.2, -0.15) is 0 Å². The number of aliphatic imine (C=N–C) groups is 1. The van der Waals surface area contributed by atoms with Crippen molar-refractivity contribution in [3.05, 3.63) is 48.2 Å². The molecule has 4 aliphatic carbocycles. The van der Waals surface area contributed by atoms with Gasteiger partial charge in [-0.25, -0.2) is 9.37 Å². The van der Waals surface area contributed by atoms with Gasteiger partial charge in [0.1, 0.15) is 11.4 Å². The van der Waals surface area contributed by atoms with Crippen LogP contribution in [0.3, 0.4) is 0 Å². The van der Waals surface area contributed by atoms with E-state index in [0.717, 1.165) is 35.9 Å². The zero-order valence-electron chi connectivity index (χ0n) is 16.0. The molecule has 4 fully saturated rings. The highest BCUT2D eigenvalue weighted by Crippen LogP contribution is 2.60. The molecule has 7 heteroatoms. The lowest BCUT2D eigenvalue weighted by Crippen LogP contribution is -2.56. The number of imidazole rings is 1. The van der Waals surface area contributed by atoms with Crippen LogP contribution in [0.4, 0.5) is 4.39 Å². The van der Waals surface area contributed by atoms with Gasteiger partial charge in [0, 0.05) is 24.4 Å². The van der Waals surface area contributed by atoms with Crippen LogP contribution < -0.4 is 0 Å². The standard InChI is InChI=1S/C22H22FN5O/c23-21-7-13-5-14(8-21)10-22(9-13,12-21)28-19(20-26-11-18(29)27-20)15-1-2-16-17(6-15)25-4-3-24-16/h1-4,6,11,13-14,29H,5,7-10,12H2,(H,26,27). The van der Waals surface area contributed by atoms with Crippen LogP contribution in [0.2, 0.25) is 0 Å². The molecule has 6 nitrogen and oxygen atoms in total. The topological polar surface area (TPSA) is 87.1 Å². The van der Waals surface area contributed by atoms with Gasteiger partial charge in [0.2, 0.25) is 5.88 Å². The normalized spacial score (nSPS) is 33.5. The molecule has 1 aromatic carbocycles. The molecule has 2 atom stereocenters. The monoisotopic (exact) mass is 391 g/mol. The summed E-state index contributed by atoms with van der Waals surface area (Å²) in [6.07, 6.45) is 9.54. The number of hydrogen-bond donors (Lipinski definition) is 2. The molecule has 4 bridgehead atoms. The quantitative estimate of drug-likeness (QED) is 0.662. The Hall–Kier alpha value is -2.83. The molecule has 0 saturated heterocycles. The summed E-state index contributed by atoms with van der Waals surface area (Å²) >= 11 is 0. The molecule has 29 heavy (non-hydrogen) atoms. The first-order chi connectivity index (χ1) is 14.0. The number of H-pyrrole nitrogens is 1. The Balaban J connectivity index is 1.50. The Morgan fingerprint density at radius 3 is 2.52 bits per heavy atom. The van der Waals surface area contributed by atoms with Crippen LogP contribution in [0.5, 0.6) is 5.88 Å². The Bertz CT molecular complexity index is 1120. The van der Waals surface area contributed by atoms with Crippen LogP contribution in [0.15, 0.2) is 41.8 Å². The second-order valence-electron chi connectivity index (χ2n) is 9.17. The van der Waals surface area contributed by atoms with Crippen LogP contribution in [0.25, 0.3) is 11.0 Å². The number of fused-ring (bicyclic) bond motifs is 1. The minimum absolute atomic E-state index is 0.0132. The van der Waals surface area contributed by atoms with E-state index >= 15 is 4.39 Å². The van der Waals surface area contributed by atoms with Crippen molar-refractivity contribution in [3.8, 4) is 5.88 Å². The Morgan fingerprint density at radius 2 is 1.83 bits per heavy atom. The van der Waals surface area contributed by atoms with Crippen molar-refractivity contribution < 1.29 is 9.50 Å². The summed E-state index contributed by atoms with van der Waals surface area (Å²) in [7, 11) is 0. The van der Waals surface area contributed by atoms with E-state index in [1.807, 2.05) is 18.2 Å². The van der Waals surface area contributed by atoms with Crippen molar-refractivity contribution >= 4 is 16.7 Å². The summed E-state index contributed by atoms with van der Waals surface area (Å²) in [5, 5.41) is 9.84. The number of benzene rings is 1. The second-order valence-corrected chi connectivity index (χ2v) is 9.17. The van der Waals surface area contributed by atoms with E-state index in [-0.39, 0.29) is 5.88 Å². The van der Waals surface area contributed by atoms with Gasteiger partial charge in [-0.05, 0) is 56.1 Å². The number of halogens is 1. The van der Waals surface area contributed by atoms with E-state index in [9.17, 15) is 5.11 Å². The summed E-state index contributed by atoms with van der Waals surface area (Å²) in [5.74, 6) is 1.31. The van der Waals surface area contributed by atoms with Gasteiger partial charge in [-0.15, -0.1) is 0 Å². The van der Waals surface area contributed by atoms with E-state index < -0.39 is 11.2 Å². The largest absolute Gasteiger partial charge is 0.493 e. The molecule has 0 amide bonds. The van der Waals surface area contributed by atoms with Crippen molar-refractivity contribution in [3.63, 3.8) is 0 Å². The average molecular weight is 391 g/mol. The van der Waals surface area contributed by atoms with Crippen LogP contribution in [-0.4, -0.2) is 42.0 Å². The van der Waals surface area contributed by atoms with E-state index in [4.69, 9.17) is 4.99 Å². The molecule has 148 valence electrons. The molecular weight excluding hydrogens is 369 g/mol. The third kappa shape index (κ3) is 2.82. The summed E-state index contributed by atoms with van der Waals surface area (Å²) in [6.45, 7) is 0. The first-order valence-corrected chi connectivity index (χ1v) is 10.2. The Kier molecular flexibility index (Phi) is 3.44. The number of hydrogen-bond acceptors (Lipinski definition) is 5. The molecule has 2 N–H and O–H groups in total. The first kappa shape index (κ1) is 17.1. The van der Waals surface area contributed by atoms with Crippen LogP contribution in [0.1, 0.15) is 49.9 Å². The molecule has 2 aromatic heterocycles. The number of aromatic amines is 1. The van der Waals surface area contributed by atoms with Gasteiger partial charge in [-0.1, -0.05) is 6.07 Å². The fourth-order valence-electron chi connectivity index (χ4n) is 6.27. The van der Waals surface area contributed by atoms with Gasteiger partial charge in [0.05, 0.1) is 22.8 Å². The van der Waals surface area contributed by atoms with Crippen molar-refractivity contribution in [1.29, 1.82) is 0 Å². The number of nitrogens with zero attached hydrogens (tertiary/aromatic N) is 4. The third-order valence-corrected chi connectivity index (χ3v) is 6.84. The van der Waals surface area contributed by atoms with Gasteiger partial charge in [-0.3, -0.25) is 15.0 Å². The highest BCUT2D eigenvalue weighted by Gasteiger charge is 2.58. The zero-order valence-corrected chi connectivity index (χ0v) is 16.0. The van der Waals surface area contributed by atoms with Crippen molar-refractivity contribution in [2.75, 3.05) is 0 Å². The van der Waals surface area contributed by atoms with Gasteiger partial charge < -0.3 is 10.1 Å². The van der Waals surface area contributed by atoms with Gasteiger partial charge >= 0.3 is 0 Å². The number of aromatic hydroxyl groups is 1. The van der Waals surface area contributed by atoms with E-state index in [0.29, 0.717) is 42.6 Å². The fourth-order valence-corrected chi connectivity index (χ4v) is 6.27. The first-order valence-electron chi connectivity index (χ1n) is 10.2. The summed E-state index contributed by atoms with van der Waals surface area (Å²) in [5.41, 5.74) is 1.59. The van der Waals surface area contributed by atoms with E-state index in [1.165, 1.54) is 6.20 Å². The summed E-state index contributed by atoms with van der Waals surface area (Å²) in [4.78, 5) is 21.2. The molecule has 2 heterocycles. The molecule has 4 saturated carbocycles. The lowest BCUT2D eigenvalue weighted by molar-refractivity contribution is -0.0838. The number of alkyl halides is 1. The minimum atomic E-state index is -1.08. The van der Waals surface area contributed by atoms with Crippen molar-refractivity contribution in [1.82, 2.24) is 19.9 Å². The predicted octanol–water partition coefficient (Wildman–Crippen LogP) is 3.96. The highest BCUT2D eigenvalue weighted by molar-refractivity contribution is 6.12. The molecule has 0 spiro atoms. The van der Waals surface area contributed by atoms with Gasteiger partial charge in [0.25, 0.3) is 0 Å². The average Bonchev–Trinajstić information content (AvgIpc) is 3.10. The Morgan fingerprint density at radius 1 is 1.07 bits per heavy atom. The maximum Gasteiger partial charge on any atom is 0.208 e. The maximum absolute atomic E-state index is 15.4. The zero-order chi connectivity index (χ0) is 19.6. The third-order valence-electron chi connectivity index (χ3n) is 6.84.